The molecular weight excluding hydrogens is 337 g/mol. The van der Waals surface area contributed by atoms with E-state index >= 15 is 0 Å². The Bertz CT molecular complexity index is 924. The van der Waals surface area contributed by atoms with Crippen LogP contribution in [0.3, 0.4) is 0 Å². The number of carbonyl (C=O) groups excluding carboxylic acids is 1. The molecule has 3 heterocycles. The van der Waals surface area contributed by atoms with Crippen molar-refractivity contribution in [3.8, 4) is 5.80 Å². The van der Waals surface area contributed by atoms with Gasteiger partial charge >= 0.3 is 135 Å². The molecule has 4 rings (SSSR count). The molecule has 1 saturated heterocycles. The summed E-state index contributed by atoms with van der Waals surface area (Å²) in [4.78, 5) is 26.9. The number of allylic oxidation sites excluding steroid dienone is 1. The van der Waals surface area contributed by atoms with E-state index in [1.807, 2.05) is 17.3 Å². The quantitative estimate of drug-likeness (QED) is 0.774. The Balaban J connectivity index is 1.50. The Hall–Kier alpha value is -2.53. The van der Waals surface area contributed by atoms with Crippen molar-refractivity contribution in [1.29, 1.82) is 0 Å². The maximum absolute atomic E-state index is 12.5. The van der Waals surface area contributed by atoms with Gasteiger partial charge in [0, 0.05) is 5.92 Å². The average molecular weight is 361 g/mol. The molecule has 2 N–H and O–H groups in total. The van der Waals surface area contributed by atoms with E-state index in [2.05, 4.69) is 34.1 Å². The summed E-state index contributed by atoms with van der Waals surface area (Å²) in [5, 5.41) is 3.32. The Morgan fingerprint density at radius 1 is 1.48 bits per heavy atom. The summed E-state index contributed by atoms with van der Waals surface area (Å²) in [6.07, 6.45) is 10.0. The molecule has 1 saturated carbocycles. The first kappa shape index (κ1) is 17.9. The number of rotatable bonds is 6. The van der Waals surface area contributed by atoms with Crippen LogP contribution in [0.1, 0.15) is 49.8 Å². The fraction of sp³-hybridized carbons (Fsp3) is 0.500. The third kappa shape index (κ3) is 3.79. The van der Waals surface area contributed by atoms with Crippen molar-refractivity contribution in [2.45, 2.75) is 38.5 Å². The third-order valence-corrected chi connectivity index (χ3v) is 5.30. The average Bonchev–Trinajstić information content (AvgIpc) is 3.27. The zero-order valence-electron chi connectivity index (χ0n) is 15.7. The first-order valence-electron chi connectivity index (χ1n) is 9.72. The van der Waals surface area contributed by atoms with E-state index in [4.69, 9.17) is 12.3 Å². The van der Waals surface area contributed by atoms with Crippen LogP contribution in [0.4, 0.5) is 0 Å². The van der Waals surface area contributed by atoms with Gasteiger partial charge in [-0.25, -0.2) is 0 Å². The molecule has 2 aliphatic rings. The minimum absolute atomic E-state index is 0.0827. The normalized spacial score (nSPS) is 20.2. The van der Waals surface area contributed by atoms with Gasteiger partial charge in [-0.1, -0.05) is 0 Å². The van der Waals surface area contributed by atoms with Gasteiger partial charge in [0.05, 0.1) is 6.20 Å². The Labute approximate surface area is 160 Å². The van der Waals surface area contributed by atoms with Crippen LogP contribution in [-0.4, -0.2) is 52.7 Å². The number of amides is 1. The van der Waals surface area contributed by atoms with Crippen LogP contribution in [-0.2, 0) is 4.79 Å². The molecule has 0 radical (unpaired) electrons. The van der Waals surface area contributed by atoms with Crippen LogP contribution in [0.5, 0.6) is 0 Å². The Kier molecular flexibility index (Phi) is 5.04. The van der Waals surface area contributed by atoms with E-state index in [1.54, 1.807) is 0 Å². The SMILES string of the molecule is B#CC1CCN(C(=O)CN/C(=C/CC)c2c[nH]c3ncc(C4CC4)nc23)C1. The molecule has 6 nitrogen and oxygen atoms in total. The van der Waals surface area contributed by atoms with Gasteiger partial charge in [-0.2, -0.15) is 0 Å². The molecule has 2 aromatic rings. The summed E-state index contributed by atoms with van der Waals surface area (Å²) in [5.74, 6) is 3.57. The first-order valence-corrected chi connectivity index (χ1v) is 9.72. The first-order chi connectivity index (χ1) is 13.2. The molecule has 0 bridgehead atoms. The summed E-state index contributed by atoms with van der Waals surface area (Å²) in [7, 11) is 5.48. The van der Waals surface area contributed by atoms with Gasteiger partial charge in [0.1, 0.15) is 0 Å². The predicted octanol–water partition coefficient (Wildman–Crippen LogP) is 2.15. The van der Waals surface area contributed by atoms with E-state index in [0.29, 0.717) is 12.5 Å². The molecule has 0 spiro atoms. The fourth-order valence-electron chi connectivity index (χ4n) is 3.57. The molecule has 0 aromatic carbocycles. The topological polar surface area (TPSA) is 73.9 Å². The van der Waals surface area contributed by atoms with Crippen molar-refractivity contribution in [3.63, 3.8) is 0 Å². The van der Waals surface area contributed by atoms with Crippen molar-refractivity contribution in [2.75, 3.05) is 19.6 Å². The van der Waals surface area contributed by atoms with E-state index < -0.39 is 0 Å². The molecule has 2 aromatic heterocycles. The standard InChI is InChI=1S/C20H24BN5O/c1-2-3-16(22-11-18(27)26-7-6-13(8-21)12-26)15-9-23-20-19(15)25-17(10-24-20)14-4-5-14/h3,9-10,13-14,22H,2,4-7,11-12H2,1H3,(H,23,24)/b16-3+. The van der Waals surface area contributed by atoms with Gasteiger partial charge in [-0.3, -0.25) is 0 Å². The monoisotopic (exact) mass is 361 g/mol. The molecule has 2 fully saturated rings. The second kappa shape index (κ2) is 7.61. The summed E-state index contributed by atoms with van der Waals surface area (Å²) in [6.45, 7) is 3.74. The molecule has 27 heavy (non-hydrogen) atoms. The van der Waals surface area contributed by atoms with Crippen LogP contribution >= 0.6 is 0 Å². The molecule has 7 heteroatoms. The van der Waals surface area contributed by atoms with Gasteiger partial charge < -0.3 is 0 Å². The minimum atomic E-state index is 0.0827. The van der Waals surface area contributed by atoms with E-state index in [9.17, 15) is 4.79 Å². The molecule has 138 valence electrons. The van der Waals surface area contributed by atoms with Crippen molar-refractivity contribution in [2.24, 2.45) is 5.92 Å². The van der Waals surface area contributed by atoms with E-state index in [1.165, 1.54) is 12.8 Å². The van der Waals surface area contributed by atoms with Crippen LogP contribution < -0.4 is 5.32 Å². The number of carbonyl (C=O) groups is 1. The fourth-order valence-corrected chi connectivity index (χ4v) is 3.57. The Morgan fingerprint density at radius 3 is 3.04 bits per heavy atom. The summed E-state index contributed by atoms with van der Waals surface area (Å²) in [6, 6.07) is 0. The van der Waals surface area contributed by atoms with Gasteiger partial charge in [0.2, 0.25) is 0 Å². The van der Waals surface area contributed by atoms with Gasteiger partial charge in [-0.15, -0.1) is 0 Å². The Morgan fingerprint density at radius 2 is 2.33 bits per heavy atom. The molecule has 1 atom stereocenters. The zero-order valence-corrected chi connectivity index (χ0v) is 15.7. The number of nitrogens with zero attached hydrogens (tertiary/aromatic N) is 3. The van der Waals surface area contributed by atoms with Crippen LogP contribution in [0.15, 0.2) is 18.5 Å². The number of fused-ring (bicyclic) bond motifs is 1. The summed E-state index contributed by atoms with van der Waals surface area (Å²) < 4.78 is 0. The van der Waals surface area contributed by atoms with Crippen molar-refractivity contribution in [1.82, 2.24) is 25.2 Å². The second-order valence-electron chi connectivity index (χ2n) is 7.34. The van der Waals surface area contributed by atoms with Gasteiger partial charge in [-0.05, 0) is 12.8 Å². The van der Waals surface area contributed by atoms with Crippen LogP contribution in [0.25, 0.3) is 16.9 Å². The van der Waals surface area contributed by atoms with E-state index in [-0.39, 0.29) is 18.4 Å². The number of hydrogen-bond donors (Lipinski definition) is 2. The third-order valence-electron chi connectivity index (χ3n) is 5.30. The summed E-state index contributed by atoms with van der Waals surface area (Å²) in [5.41, 5.74) is 4.60. The molecule has 1 aliphatic carbocycles. The number of aromatic amines is 1. The second-order valence-corrected chi connectivity index (χ2v) is 7.34. The number of hydrogen-bond acceptors (Lipinski definition) is 4. The number of likely N-dealkylation sites (tertiary alicyclic amines) is 1. The molecule has 1 amide bonds. The number of nitrogens with one attached hydrogen (secondary N) is 2. The molecular formula is C20H24BN5O. The predicted molar refractivity (Wildman–Crippen MR) is 106 cm³/mol. The summed E-state index contributed by atoms with van der Waals surface area (Å²) >= 11 is 0. The van der Waals surface area contributed by atoms with Crippen molar-refractivity contribution in [3.05, 3.63) is 29.7 Å². The molecule has 1 aliphatic heterocycles. The van der Waals surface area contributed by atoms with Gasteiger partial charge in [0.15, 0.2) is 0 Å². The van der Waals surface area contributed by atoms with Crippen LogP contribution in [0, 0.1) is 11.7 Å². The van der Waals surface area contributed by atoms with Crippen molar-refractivity contribution < 1.29 is 4.79 Å². The molecule has 1 unspecified atom stereocenters. The number of aromatic nitrogens is 3. The van der Waals surface area contributed by atoms with Gasteiger partial charge in [0.25, 0.3) is 0 Å². The number of H-pyrrole nitrogens is 1. The zero-order chi connectivity index (χ0) is 18.8. The van der Waals surface area contributed by atoms with Crippen molar-refractivity contribution >= 4 is 30.1 Å². The van der Waals surface area contributed by atoms with Crippen LogP contribution in [0.2, 0.25) is 0 Å². The van der Waals surface area contributed by atoms with E-state index in [0.717, 1.165) is 47.5 Å². The maximum atomic E-state index is 12.5.